The lowest BCUT2D eigenvalue weighted by Gasteiger charge is -2.07. The molecule has 0 radical (unpaired) electrons. The second-order valence-corrected chi connectivity index (χ2v) is 7.47. The molecule has 0 fully saturated rings. The van der Waals surface area contributed by atoms with Gasteiger partial charge >= 0.3 is 5.97 Å². The molecule has 0 spiro atoms. The van der Waals surface area contributed by atoms with Gasteiger partial charge in [-0.3, -0.25) is 4.79 Å². The SMILES string of the molecule is N#Cc1ccccc1-c1ccc(-c2nc(-c3ccc(CNCCC(=O)O)cc3)no2)cc1C#N. The summed E-state index contributed by atoms with van der Waals surface area (Å²) >= 11 is 0. The van der Waals surface area contributed by atoms with Gasteiger partial charge in [0.05, 0.1) is 29.7 Å². The van der Waals surface area contributed by atoms with Crippen LogP contribution in [-0.4, -0.2) is 27.8 Å². The molecule has 0 unspecified atom stereocenters. The van der Waals surface area contributed by atoms with E-state index in [4.69, 9.17) is 9.63 Å². The highest BCUT2D eigenvalue weighted by Crippen LogP contribution is 2.31. The number of hydrogen-bond donors (Lipinski definition) is 2. The first kappa shape index (κ1) is 22.4. The van der Waals surface area contributed by atoms with Gasteiger partial charge in [-0.15, -0.1) is 0 Å². The number of carboxylic acids is 1. The van der Waals surface area contributed by atoms with Gasteiger partial charge in [-0.2, -0.15) is 15.5 Å². The van der Waals surface area contributed by atoms with Crippen LogP contribution in [0.3, 0.4) is 0 Å². The van der Waals surface area contributed by atoms with E-state index in [2.05, 4.69) is 27.6 Å². The second kappa shape index (κ2) is 10.2. The van der Waals surface area contributed by atoms with Crippen LogP contribution in [0.15, 0.2) is 71.3 Å². The lowest BCUT2D eigenvalue weighted by molar-refractivity contribution is -0.136. The highest BCUT2D eigenvalue weighted by atomic mass is 16.5. The fourth-order valence-electron chi connectivity index (χ4n) is 3.48. The van der Waals surface area contributed by atoms with Crippen LogP contribution < -0.4 is 5.32 Å². The Balaban J connectivity index is 1.53. The minimum atomic E-state index is -0.834. The van der Waals surface area contributed by atoms with E-state index in [1.54, 1.807) is 30.3 Å². The molecular weight excluding hydrogens is 430 g/mol. The van der Waals surface area contributed by atoms with E-state index in [-0.39, 0.29) is 12.3 Å². The Bertz CT molecular complexity index is 1410. The number of benzene rings is 3. The van der Waals surface area contributed by atoms with E-state index in [1.165, 1.54) is 0 Å². The number of carboxylic acid groups (broad SMARTS) is 1. The third-order valence-electron chi connectivity index (χ3n) is 5.21. The molecule has 0 saturated heterocycles. The number of nitrogens with one attached hydrogen (secondary N) is 1. The first-order valence-corrected chi connectivity index (χ1v) is 10.5. The van der Waals surface area contributed by atoms with Crippen molar-refractivity contribution in [3.05, 3.63) is 83.4 Å². The van der Waals surface area contributed by atoms with E-state index in [1.807, 2.05) is 36.4 Å². The summed E-state index contributed by atoms with van der Waals surface area (Å²) in [7, 11) is 0. The summed E-state index contributed by atoms with van der Waals surface area (Å²) in [6, 6.07) is 24.3. The topological polar surface area (TPSA) is 136 Å². The van der Waals surface area contributed by atoms with Gasteiger partial charge in [0.25, 0.3) is 5.89 Å². The molecule has 0 aliphatic heterocycles. The summed E-state index contributed by atoms with van der Waals surface area (Å²) in [6.07, 6.45) is 0.0725. The molecule has 34 heavy (non-hydrogen) atoms. The monoisotopic (exact) mass is 449 g/mol. The second-order valence-electron chi connectivity index (χ2n) is 7.47. The molecule has 1 aromatic heterocycles. The molecule has 0 bridgehead atoms. The predicted octanol–water partition coefficient (Wildman–Crippen LogP) is 4.38. The van der Waals surface area contributed by atoms with E-state index < -0.39 is 5.97 Å². The maximum absolute atomic E-state index is 10.6. The Labute approximate surface area is 195 Å². The van der Waals surface area contributed by atoms with Crippen LogP contribution >= 0.6 is 0 Å². The number of aromatic nitrogens is 2. The van der Waals surface area contributed by atoms with Gasteiger partial charge in [-0.25, -0.2) is 0 Å². The first-order chi connectivity index (χ1) is 16.6. The number of nitrogens with zero attached hydrogens (tertiary/aromatic N) is 4. The molecule has 0 atom stereocenters. The third kappa shape index (κ3) is 4.99. The Morgan fingerprint density at radius 2 is 1.65 bits per heavy atom. The molecule has 8 nitrogen and oxygen atoms in total. The van der Waals surface area contributed by atoms with Crippen molar-refractivity contribution in [1.82, 2.24) is 15.5 Å². The molecule has 166 valence electrons. The first-order valence-electron chi connectivity index (χ1n) is 10.5. The van der Waals surface area contributed by atoms with E-state index in [0.29, 0.717) is 46.7 Å². The Morgan fingerprint density at radius 1 is 0.941 bits per heavy atom. The van der Waals surface area contributed by atoms with E-state index in [0.717, 1.165) is 11.1 Å². The maximum atomic E-state index is 10.6. The molecule has 8 heteroatoms. The van der Waals surface area contributed by atoms with E-state index in [9.17, 15) is 15.3 Å². The van der Waals surface area contributed by atoms with Crippen LogP contribution in [0.2, 0.25) is 0 Å². The van der Waals surface area contributed by atoms with Crippen molar-refractivity contribution < 1.29 is 14.4 Å². The van der Waals surface area contributed by atoms with Crippen LogP contribution in [0, 0.1) is 22.7 Å². The van der Waals surface area contributed by atoms with Gasteiger partial charge in [-0.05, 0) is 23.8 Å². The molecule has 4 rings (SSSR count). The normalized spacial score (nSPS) is 10.4. The summed E-state index contributed by atoms with van der Waals surface area (Å²) in [5.41, 5.74) is 4.63. The summed E-state index contributed by atoms with van der Waals surface area (Å²) in [4.78, 5) is 15.0. The molecule has 1 heterocycles. The molecular formula is C26H19N5O3. The number of carbonyl (C=O) groups is 1. The summed E-state index contributed by atoms with van der Waals surface area (Å²) in [6.45, 7) is 0.958. The Hall–Kier alpha value is -4.79. The van der Waals surface area contributed by atoms with Crippen LogP contribution in [0.1, 0.15) is 23.1 Å². The molecule has 0 amide bonds. The van der Waals surface area contributed by atoms with Crippen molar-refractivity contribution >= 4 is 5.97 Å². The average Bonchev–Trinajstić information content (AvgIpc) is 3.37. The fraction of sp³-hybridized carbons (Fsp3) is 0.115. The summed E-state index contributed by atoms with van der Waals surface area (Å²) in [5, 5.41) is 34.9. The third-order valence-corrected chi connectivity index (χ3v) is 5.21. The van der Waals surface area contributed by atoms with Crippen LogP contribution in [-0.2, 0) is 11.3 Å². The zero-order valence-electron chi connectivity index (χ0n) is 18.0. The zero-order chi connectivity index (χ0) is 23.9. The minimum Gasteiger partial charge on any atom is -0.481 e. The van der Waals surface area contributed by atoms with E-state index >= 15 is 0 Å². The molecule has 3 aromatic carbocycles. The molecule has 4 aromatic rings. The molecule has 0 aliphatic rings. The Kier molecular flexibility index (Phi) is 6.73. The zero-order valence-corrected chi connectivity index (χ0v) is 18.0. The smallest absolute Gasteiger partial charge is 0.304 e. The predicted molar refractivity (Wildman–Crippen MR) is 124 cm³/mol. The highest BCUT2D eigenvalue weighted by molar-refractivity contribution is 5.78. The summed E-state index contributed by atoms with van der Waals surface area (Å²) < 4.78 is 5.44. The van der Waals surface area contributed by atoms with Gasteiger partial charge < -0.3 is 14.9 Å². The van der Waals surface area contributed by atoms with Gasteiger partial charge in [0.2, 0.25) is 5.82 Å². The standard InChI is InChI=1S/C26H19N5O3/c27-14-20-3-1-2-4-22(20)23-10-9-19(13-21(23)15-28)26-30-25(31-34-26)18-7-5-17(6-8-18)16-29-12-11-24(32)33/h1-10,13,29H,11-12,16H2,(H,32,33). The fourth-order valence-corrected chi connectivity index (χ4v) is 3.48. The lowest BCUT2D eigenvalue weighted by Crippen LogP contribution is -2.17. The quantitative estimate of drug-likeness (QED) is 0.378. The highest BCUT2D eigenvalue weighted by Gasteiger charge is 2.15. The maximum Gasteiger partial charge on any atom is 0.304 e. The number of hydrogen-bond acceptors (Lipinski definition) is 7. The van der Waals surface area contributed by atoms with Crippen molar-refractivity contribution in [2.45, 2.75) is 13.0 Å². The number of rotatable bonds is 8. The van der Waals surface area contributed by atoms with Crippen LogP contribution in [0.4, 0.5) is 0 Å². The largest absolute Gasteiger partial charge is 0.481 e. The van der Waals surface area contributed by atoms with Gasteiger partial charge in [0, 0.05) is 35.3 Å². The van der Waals surface area contributed by atoms with Crippen molar-refractivity contribution in [2.24, 2.45) is 0 Å². The number of nitriles is 2. The van der Waals surface area contributed by atoms with Crippen LogP contribution in [0.5, 0.6) is 0 Å². The average molecular weight is 449 g/mol. The van der Waals surface area contributed by atoms with Crippen molar-refractivity contribution in [1.29, 1.82) is 10.5 Å². The number of aliphatic carboxylic acids is 1. The van der Waals surface area contributed by atoms with Gasteiger partial charge in [-0.1, -0.05) is 53.7 Å². The van der Waals surface area contributed by atoms with Crippen LogP contribution in [0.25, 0.3) is 34.0 Å². The van der Waals surface area contributed by atoms with Crippen molar-refractivity contribution in [2.75, 3.05) is 6.54 Å². The molecule has 0 saturated carbocycles. The molecule has 2 N–H and O–H groups in total. The lowest BCUT2D eigenvalue weighted by atomic mass is 9.95. The van der Waals surface area contributed by atoms with Gasteiger partial charge in [0.15, 0.2) is 0 Å². The van der Waals surface area contributed by atoms with Crippen molar-refractivity contribution in [3.8, 4) is 46.1 Å². The minimum absolute atomic E-state index is 0.0725. The summed E-state index contributed by atoms with van der Waals surface area (Å²) in [5.74, 6) is -0.136. The molecule has 0 aliphatic carbocycles. The van der Waals surface area contributed by atoms with Crippen molar-refractivity contribution in [3.63, 3.8) is 0 Å². The Morgan fingerprint density at radius 3 is 2.38 bits per heavy atom. The van der Waals surface area contributed by atoms with Gasteiger partial charge in [0.1, 0.15) is 0 Å².